The van der Waals surface area contributed by atoms with E-state index in [1.54, 1.807) is 72.8 Å². The van der Waals surface area contributed by atoms with Gasteiger partial charge in [-0.15, -0.1) is 11.3 Å². The summed E-state index contributed by atoms with van der Waals surface area (Å²) in [5.74, 6) is -0.0110. The Labute approximate surface area is 354 Å². The first-order valence-corrected chi connectivity index (χ1v) is 18.0. The summed E-state index contributed by atoms with van der Waals surface area (Å²) in [5.41, 5.74) is 1.65. The van der Waals surface area contributed by atoms with Crippen LogP contribution in [0, 0.1) is 0 Å². The number of hydrogen-bond acceptors (Lipinski definition) is 4. The van der Waals surface area contributed by atoms with E-state index >= 15 is 0 Å². The van der Waals surface area contributed by atoms with Crippen LogP contribution in [0.3, 0.4) is 0 Å². The monoisotopic (exact) mass is 751 g/mol. The summed E-state index contributed by atoms with van der Waals surface area (Å²) in [7, 11) is 0. The fraction of sp³-hybridized carbons (Fsp3) is 0. The minimum atomic E-state index is -0.581. The fourth-order valence-corrected chi connectivity index (χ4v) is 7.96. The molecule has 0 saturated carbocycles. The molecule has 0 fully saturated rings. The molecule has 0 spiro atoms. The number of hydrogen-bond donors (Lipinski definition) is 0. The van der Waals surface area contributed by atoms with Crippen molar-refractivity contribution >= 4 is 53.3 Å². The molecule has 11 rings (SSSR count). The minimum absolute atomic E-state index is 0.00506. The summed E-state index contributed by atoms with van der Waals surface area (Å²) in [6.07, 6.45) is 0. The van der Waals surface area contributed by atoms with Crippen molar-refractivity contribution in [1.82, 2.24) is 19.5 Å². The molecule has 3 aromatic heterocycles. The van der Waals surface area contributed by atoms with Crippen molar-refractivity contribution in [1.29, 1.82) is 0 Å². The Balaban J connectivity index is 1.20. The molecular weight excluding hydrogens is 701 g/mol. The second-order valence-electron chi connectivity index (χ2n) is 12.6. The third-order valence-corrected chi connectivity index (χ3v) is 10.5. The van der Waals surface area contributed by atoms with Gasteiger partial charge in [0, 0.05) is 47.6 Å². The van der Waals surface area contributed by atoms with Gasteiger partial charge in [0.2, 0.25) is 0 Å². The Kier molecular flexibility index (Phi) is 4.36. The molecule has 0 bridgehead atoms. The van der Waals surface area contributed by atoms with Gasteiger partial charge in [-0.3, -0.25) is 0 Å². The van der Waals surface area contributed by atoms with Crippen molar-refractivity contribution in [2.45, 2.75) is 0 Å². The summed E-state index contributed by atoms with van der Waals surface area (Å²) in [5, 5.41) is 0.0248. The number of nitrogens with zero attached hydrogens (tertiary/aromatic N) is 4. The van der Waals surface area contributed by atoms with Gasteiger partial charge in [0.25, 0.3) is 0 Å². The van der Waals surface area contributed by atoms with Crippen LogP contribution in [-0.4, -0.2) is 19.5 Å². The van der Waals surface area contributed by atoms with Crippen LogP contribution in [0.5, 0.6) is 0 Å². The highest BCUT2D eigenvalue weighted by molar-refractivity contribution is 7.26. The molecule has 8 aromatic carbocycles. The van der Waals surface area contributed by atoms with Crippen molar-refractivity contribution in [2.24, 2.45) is 0 Å². The predicted octanol–water partition coefficient (Wildman–Crippen LogP) is 13.7. The Bertz CT molecular complexity index is 4350. The van der Waals surface area contributed by atoms with Crippen LogP contribution in [0.15, 0.2) is 194 Å². The lowest BCUT2D eigenvalue weighted by Crippen LogP contribution is -2.03. The zero-order valence-corrected chi connectivity index (χ0v) is 29.5. The zero-order chi connectivity index (χ0) is 53.5. The molecule has 5 heteroatoms. The molecule has 0 aliphatic rings. The topological polar surface area (TPSA) is 43.6 Å². The van der Waals surface area contributed by atoms with Gasteiger partial charge in [0.05, 0.1) is 42.8 Å². The van der Waals surface area contributed by atoms with Crippen molar-refractivity contribution in [2.75, 3.05) is 0 Å². The molecule has 0 amide bonds. The van der Waals surface area contributed by atoms with E-state index in [2.05, 4.69) is 0 Å². The highest BCUT2D eigenvalue weighted by Crippen LogP contribution is 2.41. The van der Waals surface area contributed by atoms with E-state index < -0.39 is 72.5 Å². The third-order valence-electron chi connectivity index (χ3n) is 9.36. The van der Waals surface area contributed by atoms with Gasteiger partial charge in [-0.05, 0) is 64.6 Å². The van der Waals surface area contributed by atoms with Crippen LogP contribution in [0.4, 0.5) is 0 Å². The van der Waals surface area contributed by atoms with Gasteiger partial charge in [0.15, 0.2) is 17.5 Å². The van der Waals surface area contributed by atoms with Gasteiger partial charge in [0.1, 0.15) is 0 Å². The number of fused-ring (bicyclic) bond motifs is 6. The van der Waals surface area contributed by atoms with E-state index in [0.717, 1.165) is 17.4 Å². The van der Waals surface area contributed by atoms with Gasteiger partial charge in [-0.25, -0.2) is 15.0 Å². The number of para-hydroxylation sites is 3. The van der Waals surface area contributed by atoms with Gasteiger partial charge < -0.3 is 4.57 Å². The maximum Gasteiger partial charge on any atom is 0.166 e. The Hall–Kier alpha value is -7.21. The van der Waals surface area contributed by atoms with Gasteiger partial charge in [-0.2, -0.15) is 0 Å². The quantitative estimate of drug-likeness (QED) is 0.170. The summed E-state index contributed by atoms with van der Waals surface area (Å²) in [6.45, 7) is 0. The molecule has 0 unspecified atom stereocenters. The molecule has 0 aliphatic heterocycles. The van der Waals surface area contributed by atoms with Crippen LogP contribution in [-0.2, 0) is 0 Å². The van der Waals surface area contributed by atoms with Crippen LogP contribution < -0.4 is 0 Å². The average Bonchev–Trinajstić information content (AvgIpc) is 4.02. The largest absolute Gasteiger partial charge is 0.309 e. The predicted molar refractivity (Wildman–Crippen MR) is 234 cm³/mol. The van der Waals surface area contributed by atoms with Gasteiger partial charge in [-0.1, -0.05) is 151 Å². The molecule has 11 aromatic rings. The molecule has 3 heterocycles. The van der Waals surface area contributed by atoms with E-state index in [-0.39, 0.29) is 130 Å². The molecule has 0 radical (unpaired) electrons. The second kappa shape index (κ2) is 13.3. The number of thiophene rings is 1. The zero-order valence-electron chi connectivity index (χ0n) is 47.7. The lowest BCUT2D eigenvalue weighted by atomic mass is 10.0. The summed E-state index contributed by atoms with van der Waals surface area (Å²) >= 11 is 0.975. The molecule has 0 saturated heterocycles. The Morgan fingerprint density at radius 2 is 1.04 bits per heavy atom. The van der Waals surface area contributed by atoms with Crippen molar-refractivity contribution < 1.29 is 26.0 Å². The standard InChI is InChI=1S/C51H32N4S/c1-2-15-33(16-3-1)34-17-12-19-36(31-34)49-52-50(37-20-13-18-35(32-37)38-25-14-26-42-41-23-7-11-30-47(41)56-48(38)42)54-51(53-49)43-24-6-10-29-46(43)55-44-27-8-4-21-39(44)40-22-5-9-28-45(40)55/h1-32H/i1D,2D,3D,4D,5D,7D,8D,11D,14D,15D,16D,21D,22D,23D,25D,26D,27D,28D,30D. The molecule has 56 heavy (non-hydrogen) atoms. The Morgan fingerprint density at radius 1 is 0.411 bits per heavy atom. The van der Waals surface area contributed by atoms with Crippen molar-refractivity contribution in [3.8, 4) is 62.1 Å². The summed E-state index contributed by atoms with van der Waals surface area (Å²) < 4.78 is 167. The first-order valence-electron chi connectivity index (χ1n) is 26.7. The molecule has 0 atom stereocenters. The van der Waals surface area contributed by atoms with Crippen molar-refractivity contribution in [3.63, 3.8) is 0 Å². The molecule has 262 valence electrons. The Morgan fingerprint density at radius 3 is 1.88 bits per heavy atom. The summed E-state index contributed by atoms with van der Waals surface area (Å²) in [6, 6.07) is 12.2. The molecule has 0 aliphatic carbocycles. The highest BCUT2D eigenvalue weighted by Gasteiger charge is 2.20. The summed E-state index contributed by atoms with van der Waals surface area (Å²) in [4.78, 5) is 14.9. The minimum Gasteiger partial charge on any atom is -0.309 e. The van der Waals surface area contributed by atoms with Crippen molar-refractivity contribution in [3.05, 3.63) is 194 Å². The number of aromatic nitrogens is 4. The first kappa shape index (κ1) is 18.4. The molecule has 4 nitrogen and oxygen atoms in total. The molecular formula is C51H32N4S. The SMILES string of the molecule is [2H]c1cc([2H])c2c(c1[2H])c1c([2H])c([2H])c([2H])c([2H])c1n2-c1ccccc1-c1nc(-c2cccc(-c3c([2H])c([2H])c([2H])c([2H])c3[2H])c2)nc(-c2cccc(-c3c([2H])c([2H])c([2H])c4c3sc3c([2H])c([2H])c([2H])c([2H])c34)c2)n1. The highest BCUT2D eigenvalue weighted by atomic mass is 32.1. The van der Waals surface area contributed by atoms with Crippen LogP contribution in [0.1, 0.15) is 26.0 Å². The number of rotatable bonds is 6. The van der Waals surface area contributed by atoms with E-state index in [4.69, 9.17) is 39.6 Å². The maximum atomic E-state index is 9.19. The van der Waals surface area contributed by atoms with E-state index in [0.29, 0.717) is 16.7 Å². The fourth-order valence-electron chi connectivity index (χ4n) is 6.87. The third kappa shape index (κ3) is 5.40. The maximum absolute atomic E-state index is 9.19. The second-order valence-corrected chi connectivity index (χ2v) is 13.6. The van der Waals surface area contributed by atoms with E-state index in [9.17, 15) is 1.37 Å². The molecule has 0 N–H and O–H groups in total. The smallest absolute Gasteiger partial charge is 0.166 e. The van der Waals surface area contributed by atoms with Crippen LogP contribution in [0.25, 0.3) is 104 Å². The lowest BCUT2D eigenvalue weighted by Gasteiger charge is -2.15. The lowest BCUT2D eigenvalue weighted by molar-refractivity contribution is 1.06. The van der Waals surface area contributed by atoms with E-state index in [1.807, 2.05) is 0 Å². The first-order chi connectivity index (χ1) is 35.6. The van der Waals surface area contributed by atoms with Gasteiger partial charge >= 0.3 is 0 Å². The van der Waals surface area contributed by atoms with Crippen LogP contribution >= 0.6 is 11.3 Å². The normalized spacial score (nSPS) is 16.3. The van der Waals surface area contributed by atoms with E-state index in [1.165, 1.54) is 4.57 Å². The average molecular weight is 752 g/mol. The van der Waals surface area contributed by atoms with Crippen LogP contribution in [0.2, 0.25) is 0 Å². The number of benzene rings is 8.